The fourth-order valence-electron chi connectivity index (χ4n) is 1.98. The van der Waals surface area contributed by atoms with Crippen LogP contribution in [0.15, 0.2) is 48.5 Å². The van der Waals surface area contributed by atoms with Gasteiger partial charge < -0.3 is 9.47 Å². The number of ether oxygens (including phenoxy) is 2. The molecule has 1 heterocycles. The molecule has 2 aromatic rings. The first kappa shape index (κ1) is 14.2. The minimum atomic E-state index is -0.520. The maximum Gasteiger partial charge on any atom is 0.270 e. The second kappa shape index (κ2) is 5.95. The van der Waals surface area contributed by atoms with Crippen LogP contribution in [0.2, 0.25) is 0 Å². The molecule has 1 saturated heterocycles. The number of epoxide rings is 1. The van der Waals surface area contributed by atoms with E-state index in [1.165, 1.54) is 18.2 Å². The van der Waals surface area contributed by atoms with Gasteiger partial charge in [0.25, 0.3) is 5.69 Å². The van der Waals surface area contributed by atoms with Crippen molar-refractivity contribution < 1.29 is 19.2 Å². The Labute approximate surface area is 126 Å². The Hall–Kier alpha value is -2.73. The van der Waals surface area contributed by atoms with Crippen molar-refractivity contribution in [3.05, 3.63) is 69.8 Å². The summed E-state index contributed by atoms with van der Waals surface area (Å²) in [5.41, 5.74) is 0.639. The topological polar surface area (TPSA) is 82.0 Å². The molecule has 22 heavy (non-hydrogen) atoms. The molecular weight excluding hydrogens is 286 g/mol. The monoisotopic (exact) mass is 299 g/mol. The fourth-order valence-corrected chi connectivity index (χ4v) is 1.98. The number of carbonyl (C=O) groups excluding carboxylic acids is 1. The van der Waals surface area contributed by atoms with Crippen molar-refractivity contribution >= 4 is 11.5 Å². The first-order valence-electron chi connectivity index (χ1n) is 6.77. The zero-order chi connectivity index (χ0) is 15.5. The molecule has 2 aromatic carbocycles. The maximum absolute atomic E-state index is 12.3. The number of hydrogen-bond donors (Lipinski definition) is 0. The van der Waals surface area contributed by atoms with Gasteiger partial charge in [-0.2, -0.15) is 0 Å². The quantitative estimate of drug-likeness (QED) is 0.354. The normalized spacial score (nSPS) is 16.1. The van der Waals surface area contributed by atoms with Crippen molar-refractivity contribution in [3.8, 4) is 5.75 Å². The van der Waals surface area contributed by atoms with Gasteiger partial charge in [-0.15, -0.1) is 0 Å². The van der Waals surface area contributed by atoms with Crippen molar-refractivity contribution in [1.82, 2.24) is 0 Å². The van der Waals surface area contributed by atoms with Crippen LogP contribution in [-0.4, -0.2) is 30.0 Å². The van der Waals surface area contributed by atoms with Gasteiger partial charge in [-0.25, -0.2) is 0 Å². The van der Waals surface area contributed by atoms with Crippen LogP contribution in [0.4, 0.5) is 5.69 Å². The Kier molecular flexibility index (Phi) is 3.84. The molecule has 0 N–H and O–H groups in total. The molecule has 0 saturated carbocycles. The summed E-state index contributed by atoms with van der Waals surface area (Å²) in [6.07, 6.45) is 0.172. The summed E-state index contributed by atoms with van der Waals surface area (Å²) >= 11 is 0. The number of benzene rings is 2. The molecule has 0 aromatic heterocycles. The highest BCUT2D eigenvalue weighted by Crippen LogP contribution is 2.19. The predicted octanol–water partition coefficient (Wildman–Crippen LogP) is 2.60. The SMILES string of the molecule is O=C(c1ccc(OCC2CO2)cc1)c1cccc([N+](=O)[O-])c1. The number of hydrogen-bond acceptors (Lipinski definition) is 5. The van der Waals surface area contributed by atoms with E-state index >= 15 is 0 Å². The molecule has 1 unspecified atom stereocenters. The molecule has 6 nitrogen and oxygen atoms in total. The molecule has 3 rings (SSSR count). The highest BCUT2D eigenvalue weighted by Gasteiger charge is 2.23. The van der Waals surface area contributed by atoms with E-state index in [1.807, 2.05) is 0 Å². The molecule has 0 radical (unpaired) electrons. The third-order valence-electron chi connectivity index (χ3n) is 3.27. The average Bonchev–Trinajstić information content (AvgIpc) is 3.37. The summed E-state index contributed by atoms with van der Waals surface area (Å²) in [5, 5.41) is 10.8. The van der Waals surface area contributed by atoms with Crippen molar-refractivity contribution in [1.29, 1.82) is 0 Å². The van der Waals surface area contributed by atoms with Gasteiger partial charge >= 0.3 is 0 Å². The van der Waals surface area contributed by atoms with E-state index in [0.717, 1.165) is 6.61 Å². The van der Waals surface area contributed by atoms with Gasteiger partial charge in [0, 0.05) is 23.3 Å². The van der Waals surface area contributed by atoms with Gasteiger partial charge in [0.15, 0.2) is 5.78 Å². The Morgan fingerprint density at radius 1 is 1.23 bits per heavy atom. The zero-order valence-corrected chi connectivity index (χ0v) is 11.6. The molecule has 0 aliphatic carbocycles. The molecule has 1 aliphatic heterocycles. The van der Waals surface area contributed by atoms with Crippen LogP contribution >= 0.6 is 0 Å². The van der Waals surface area contributed by atoms with Gasteiger partial charge in [0.1, 0.15) is 18.5 Å². The summed E-state index contributed by atoms with van der Waals surface area (Å²) in [4.78, 5) is 22.6. The molecule has 1 fully saturated rings. The number of non-ortho nitro benzene ring substituents is 1. The standard InChI is InChI=1S/C16H13NO5/c18-16(12-2-1-3-13(8-12)17(19)20)11-4-6-14(7-5-11)21-9-15-10-22-15/h1-8,15H,9-10H2. The van der Waals surface area contributed by atoms with Crippen molar-refractivity contribution in [3.63, 3.8) is 0 Å². The average molecular weight is 299 g/mol. The van der Waals surface area contributed by atoms with E-state index in [2.05, 4.69) is 0 Å². The van der Waals surface area contributed by atoms with Crippen molar-refractivity contribution in [2.75, 3.05) is 13.2 Å². The summed E-state index contributed by atoms with van der Waals surface area (Å²) < 4.78 is 10.5. The van der Waals surface area contributed by atoms with E-state index in [4.69, 9.17) is 9.47 Å². The lowest BCUT2D eigenvalue weighted by Gasteiger charge is -2.05. The predicted molar refractivity (Wildman–Crippen MR) is 78.2 cm³/mol. The highest BCUT2D eigenvalue weighted by atomic mass is 16.6. The van der Waals surface area contributed by atoms with Crippen LogP contribution in [0.1, 0.15) is 15.9 Å². The van der Waals surface area contributed by atoms with Crippen LogP contribution in [0.25, 0.3) is 0 Å². The molecule has 0 spiro atoms. The van der Waals surface area contributed by atoms with Crippen molar-refractivity contribution in [2.24, 2.45) is 0 Å². The third kappa shape index (κ3) is 3.29. The fraction of sp³-hybridized carbons (Fsp3) is 0.188. The van der Waals surface area contributed by atoms with E-state index in [0.29, 0.717) is 17.9 Å². The minimum Gasteiger partial charge on any atom is -0.491 e. The lowest BCUT2D eigenvalue weighted by atomic mass is 10.0. The van der Waals surface area contributed by atoms with E-state index in [1.54, 1.807) is 30.3 Å². The van der Waals surface area contributed by atoms with Gasteiger partial charge in [0.2, 0.25) is 0 Å². The Morgan fingerprint density at radius 2 is 1.95 bits per heavy atom. The minimum absolute atomic E-state index is 0.102. The summed E-state index contributed by atoms with van der Waals surface area (Å²) in [5.74, 6) is 0.395. The molecule has 112 valence electrons. The van der Waals surface area contributed by atoms with Crippen LogP contribution in [0, 0.1) is 10.1 Å². The lowest BCUT2D eigenvalue weighted by molar-refractivity contribution is -0.384. The molecule has 1 aliphatic rings. The van der Waals surface area contributed by atoms with Crippen LogP contribution in [0.5, 0.6) is 5.75 Å². The number of rotatable bonds is 6. The van der Waals surface area contributed by atoms with Crippen LogP contribution in [0.3, 0.4) is 0 Å². The number of carbonyl (C=O) groups is 1. The first-order chi connectivity index (χ1) is 10.6. The van der Waals surface area contributed by atoms with Gasteiger partial charge in [-0.3, -0.25) is 14.9 Å². The highest BCUT2D eigenvalue weighted by molar-refractivity contribution is 6.09. The van der Waals surface area contributed by atoms with Gasteiger partial charge in [0.05, 0.1) is 11.5 Å². The van der Waals surface area contributed by atoms with Crippen LogP contribution < -0.4 is 4.74 Å². The Balaban J connectivity index is 1.73. The zero-order valence-electron chi connectivity index (χ0n) is 11.6. The first-order valence-corrected chi connectivity index (χ1v) is 6.77. The second-order valence-electron chi connectivity index (χ2n) is 4.93. The molecule has 0 bridgehead atoms. The molecule has 1 atom stereocenters. The molecule has 0 amide bonds. The van der Waals surface area contributed by atoms with Gasteiger partial charge in [-0.05, 0) is 24.3 Å². The number of nitro benzene ring substituents is 1. The number of nitrogens with zero attached hydrogens (tertiary/aromatic N) is 1. The van der Waals surface area contributed by atoms with E-state index in [9.17, 15) is 14.9 Å². The maximum atomic E-state index is 12.3. The summed E-state index contributed by atoms with van der Waals surface area (Å²) in [6.45, 7) is 1.22. The van der Waals surface area contributed by atoms with E-state index < -0.39 is 4.92 Å². The molecular formula is C16H13NO5. The Bertz CT molecular complexity index is 707. The van der Waals surface area contributed by atoms with E-state index in [-0.39, 0.29) is 23.1 Å². The Morgan fingerprint density at radius 3 is 2.59 bits per heavy atom. The van der Waals surface area contributed by atoms with Gasteiger partial charge in [-0.1, -0.05) is 12.1 Å². The smallest absolute Gasteiger partial charge is 0.270 e. The second-order valence-corrected chi connectivity index (χ2v) is 4.93. The third-order valence-corrected chi connectivity index (χ3v) is 3.27. The summed E-state index contributed by atoms with van der Waals surface area (Å²) in [7, 11) is 0. The lowest BCUT2D eigenvalue weighted by Crippen LogP contribution is -2.05. The molecule has 6 heteroatoms. The number of ketones is 1. The summed E-state index contributed by atoms with van der Waals surface area (Å²) in [6, 6.07) is 12.4. The van der Waals surface area contributed by atoms with Crippen molar-refractivity contribution in [2.45, 2.75) is 6.10 Å². The largest absolute Gasteiger partial charge is 0.491 e. The van der Waals surface area contributed by atoms with Crippen LogP contribution in [-0.2, 0) is 4.74 Å². The number of nitro groups is 1.